The van der Waals surface area contributed by atoms with E-state index in [9.17, 15) is 38.4 Å². The summed E-state index contributed by atoms with van der Waals surface area (Å²) >= 11 is 0. The lowest BCUT2D eigenvalue weighted by molar-refractivity contribution is -0.662. The lowest BCUT2D eigenvalue weighted by Crippen LogP contribution is -3.10. The second kappa shape index (κ2) is 29.5. The Hall–Kier alpha value is -6.68. The van der Waals surface area contributed by atoms with Crippen LogP contribution in [0.5, 0.6) is 0 Å². The van der Waals surface area contributed by atoms with E-state index in [4.69, 9.17) is 37.9 Å². The van der Waals surface area contributed by atoms with Gasteiger partial charge in [-0.25, -0.2) is 19.2 Å². The Morgan fingerprint density at radius 3 is 0.825 bits per heavy atom. The standard InChI is InChI=1S/C98H144N6O16/c1-87(2,3)113-79(105)63(59-31-35-101(49-59)83(109)117-91(13,14)15)43-55-27-25-29-57(41-55)47-99(53-97-73-67-71-68(73)76(97)95(71,75(67)97)45-65(81(107)115-89(7,8)9)61-33-37-103(51-61)85(111)119-93(19,20)21)39-40-100(48-58-30-26-28-56(42-58)44-64(80(106)114-88(4,5)6)60-32-36-102(50-60)84(110)118-92(16,17)18)54-98-74-69-72-70(74)78(98)96(72,77(69)98)46-66(82(108)116-90(10,11)12)62-34-38-104(52-62)86(112)120-94(22,23)24/h25-30,41-42,59-78H,31-40,43-54H2,1-24H3/t59-,60-,61-,62-,63-,64-,65-,66?,67?,68?,69?,70?,71?,72?,73?,74?,75?,76?,77?,78?,95?,96?,97?,98?/m0/s1. The molecule has 4 saturated heterocycles. The smallest absolute Gasteiger partial charge is 0.410 e. The first-order valence-electron chi connectivity index (χ1n) is 46.0. The van der Waals surface area contributed by atoms with E-state index in [-0.39, 0.29) is 105 Å². The first kappa shape index (κ1) is 86.8. The maximum Gasteiger partial charge on any atom is 0.410 e. The molecular weight excluding hydrogens is 1520 g/mol. The van der Waals surface area contributed by atoms with Crippen LogP contribution in [0.2, 0.25) is 0 Å². The Morgan fingerprint density at radius 2 is 0.567 bits per heavy atom. The van der Waals surface area contributed by atoms with Crippen LogP contribution in [0.3, 0.4) is 0 Å². The highest BCUT2D eigenvalue weighted by molar-refractivity contribution is 5.78. The Labute approximate surface area is 715 Å². The van der Waals surface area contributed by atoms with Gasteiger partial charge in [0.1, 0.15) is 44.8 Å². The van der Waals surface area contributed by atoms with Crippen molar-refractivity contribution in [1.29, 1.82) is 0 Å². The summed E-state index contributed by atoms with van der Waals surface area (Å²) in [6, 6.07) is 17.7. The van der Waals surface area contributed by atoms with E-state index in [2.05, 4.69) is 58.3 Å². The molecule has 2 aromatic rings. The van der Waals surface area contributed by atoms with Crippen LogP contribution >= 0.6 is 0 Å². The van der Waals surface area contributed by atoms with E-state index in [1.807, 2.05) is 166 Å². The first-order valence-corrected chi connectivity index (χ1v) is 46.0. The summed E-state index contributed by atoms with van der Waals surface area (Å²) in [4.78, 5) is 126. The van der Waals surface area contributed by atoms with Gasteiger partial charge in [0.05, 0.1) is 23.7 Å². The highest BCUT2D eigenvalue weighted by Gasteiger charge is 3.10. The molecule has 0 radical (unpaired) electrons. The predicted molar refractivity (Wildman–Crippen MR) is 453 cm³/mol. The molecule has 16 fully saturated rings. The molecule has 0 N–H and O–H groups in total. The number of likely N-dealkylation sites (tertiary alicyclic amines) is 4. The monoisotopic (exact) mass is 1660 g/mol. The second-order valence-corrected chi connectivity index (χ2v) is 48.1. The third kappa shape index (κ3) is 15.2. The van der Waals surface area contributed by atoms with Crippen molar-refractivity contribution in [1.82, 2.24) is 29.4 Å². The van der Waals surface area contributed by atoms with Crippen molar-refractivity contribution in [3.63, 3.8) is 0 Å². The molecule has 0 bridgehead atoms. The molecule has 12 aliphatic carbocycles. The summed E-state index contributed by atoms with van der Waals surface area (Å²) in [7, 11) is 0. The minimum absolute atomic E-state index is 0.0449. The van der Waals surface area contributed by atoms with Crippen molar-refractivity contribution in [3.05, 3.63) is 70.8 Å². The zero-order chi connectivity index (χ0) is 86.8. The summed E-state index contributed by atoms with van der Waals surface area (Å²) in [5.74, 6) is 4.20. The predicted octanol–water partition coefficient (Wildman–Crippen LogP) is 16.2. The first-order chi connectivity index (χ1) is 55.6. The molecule has 2 aromatic carbocycles. The van der Waals surface area contributed by atoms with Crippen LogP contribution in [0, 0.1) is 140 Å². The van der Waals surface area contributed by atoms with Gasteiger partial charge in [-0.1, -0.05) is 48.5 Å². The molecule has 9 unspecified atom stereocenters. The van der Waals surface area contributed by atoms with E-state index in [1.165, 1.54) is 11.1 Å². The number of hydrogen-bond donors (Lipinski definition) is 0. The van der Waals surface area contributed by atoms with Crippen LogP contribution in [0.15, 0.2) is 48.5 Å². The van der Waals surface area contributed by atoms with Crippen LogP contribution < -0.4 is 0 Å². The van der Waals surface area contributed by atoms with Gasteiger partial charge in [0.2, 0.25) is 0 Å². The SMILES string of the molecule is CC(C)(C)OC(=O)C(CC12C3C4C5C3C1C5(CN(CCN(Cc1cccc(C[C@H](C(=O)OC(C)(C)C)[C@H]3CCN(C(=O)OC(C)(C)C)C3)c1)CC13C5C6C7C5C1C7(C[C@H](C(=O)OC(C)(C)C)[C@H]1CCN(C(=O)OC(C)(C)C)C1)C63)Cc1cccc(C[C@H](C(=O)OC(C)(C)C)[C@H]3CCN(C(=O)OC(C)(C)C)C3)c1)C42)[C@H]1CCN(C(=O)OC(C)(C)C)C1. The van der Waals surface area contributed by atoms with Crippen molar-refractivity contribution in [2.45, 2.75) is 275 Å². The Morgan fingerprint density at radius 1 is 0.333 bits per heavy atom. The third-order valence-corrected chi connectivity index (χ3v) is 31.2. The van der Waals surface area contributed by atoms with Gasteiger partial charge in [-0.05, 0) is 356 Å². The molecule has 662 valence electrons. The van der Waals surface area contributed by atoms with Gasteiger partial charge in [-0.15, -0.1) is 0 Å². The van der Waals surface area contributed by atoms with Crippen molar-refractivity contribution in [2.75, 3.05) is 78.5 Å². The van der Waals surface area contributed by atoms with Crippen LogP contribution in [0.25, 0.3) is 0 Å². The fourth-order valence-corrected chi connectivity index (χ4v) is 28.4. The lowest BCUT2D eigenvalue weighted by atomic mass is 8.91. The number of esters is 4. The van der Waals surface area contributed by atoms with E-state index >= 15 is 0 Å². The molecule has 4 aliphatic heterocycles. The molecule has 4 amide bonds. The second-order valence-electron chi connectivity index (χ2n) is 48.1. The topological polar surface area (TPSA) is 230 Å². The number of carbonyl (C=O) groups is 8. The van der Waals surface area contributed by atoms with Gasteiger partial charge in [0.25, 0.3) is 0 Å². The highest BCUT2D eigenvalue weighted by Crippen LogP contribution is 3.12. The summed E-state index contributed by atoms with van der Waals surface area (Å²) < 4.78 is 48.9. The minimum atomic E-state index is -0.722. The summed E-state index contributed by atoms with van der Waals surface area (Å²) in [5, 5.41) is 0. The quantitative estimate of drug-likeness (QED) is 0.0598. The number of ether oxygens (including phenoxy) is 8. The highest BCUT2D eigenvalue weighted by atomic mass is 16.6. The molecule has 22 nitrogen and oxygen atoms in total. The van der Waals surface area contributed by atoms with Gasteiger partial charge in [-0.3, -0.25) is 29.0 Å². The maximum atomic E-state index is 14.9. The van der Waals surface area contributed by atoms with Gasteiger partial charge in [0, 0.05) is 91.6 Å². The number of benzene rings is 2. The molecule has 16 aliphatic rings. The molecule has 22 heteroatoms. The van der Waals surface area contributed by atoms with Crippen LogP contribution in [-0.4, -0.2) is 201 Å². The largest absolute Gasteiger partial charge is 0.460 e. The van der Waals surface area contributed by atoms with Crippen LogP contribution in [0.4, 0.5) is 19.2 Å². The normalized spacial score (nSPS) is 34.5. The van der Waals surface area contributed by atoms with E-state index < -0.39 is 56.6 Å². The zero-order valence-corrected chi connectivity index (χ0v) is 76.9. The Kier molecular flexibility index (Phi) is 21.3. The molecule has 0 aromatic heterocycles. The maximum absolute atomic E-state index is 14.9. The van der Waals surface area contributed by atoms with Gasteiger partial charge in [-0.2, -0.15) is 0 Å². The number of carbonyl (C=O) groups excluding carboxylic acids is 8. The van der Waals surface area contributed by atoms with Crippen LogP contribution in [-0.2, 0) is 83.0 Å². The third-order valence-electron chi connectivity index (χ3n) is 31.2. The molecule has 12 saturated carbocycles. The summed E-state index contributed by atoms with van der Waals surface area (Å²) in [6.45, 7) is 54.3. The molecule has 18 rings (SSSR count). The van der Waals surface area contributed by atoms with Crippen molar-refractivity contribution < 1.29 is 76.3 Å². The molecule has 0 spiro atoms. The van der Waals surface area contributed by atoms with E-state index in [1.54, 1.807) is 19.6 Å². The van der Waals surface area contributed by atoms with E-state index in [0.717, 1.165) is 63.0 Å². The van der Waals surface area contributed by atoms with Crippen LogP contribution in [0.1, 0.15) is 227 Å². The number of hydrogen-bond acceptors (Lipinski definition) is 18. The molecular formula is C98H144N6O16. The minimum Gasteiger partial charge on any atom is -0.460 e. The Bertz CT molecular complexity index is 4030. The number of rotatable bonds is 27. The molecule has 4 heterocycles. The van der Waals surface area contributed by atoms with Crippen molar-refractivity contribution >= 4 is 48.3 Å². The Balaban J connectivity index is 0.717. The number of amides is 4. The van der Waals surface area contributed by atoms with Crippen molar-refractivity contribution in [3.8, 4) is 0 Å². The van der Waals surface area contributed by atoms with Gasteiger partial charge < -0.3 is 57.5 Å². The van der Waals surface area contributed by atoms with Crippen molar-refractivity contribution in [2.24, 2.45) is 140 Å². The van der Waals surface area contributed by atoms with E-state index in [0.29, 0.717) is 162 Å². The molecule has 120 heavy (non-hydrogen) atoms. The van der Waals surface area contributed by atoms with Gasteiger partial charge >= 0.3 is 48.3 Å². The number of nitrogens with zero attached hydrogens (tertiary/aromatic N) is 6. The molecule has 16 atom stereocenters. The lowest BCUT2D eigenvalue weighted by Gasteiger charge is -3.12. The average molecular weight is 1660 g/mol. The average Bonchev–Trinajstić information content (AvgIpc) is 0.594. The fraction of sp³-hybridized carbons (Fsp3) is 0.796. The van der Waals surface area contributed by atoms with Gasteiger partial charge in [0.15, 0.2) is 0 Å². The summed E-state index contributed by atoms with van der Waals surface area (Å²) in [5.41, 5.74) is -0.691. The zero-order valence-electron chi connectivity index (χ0n) is 76.9. The summed E-state index contributed by atoms with van der Waals surface area (Å²) in [6.07, 6.45) is 3.78. The fourth-order valence-electron chi connectivity index (χ4n) is 28.4.